The summed E-state index contributed by atoms with van der Waals surface area (Å²) in [5, 5.41) is 48.6. The predicted octanol–water partition coefficient (Wildman–Crippen LogP) is 11.0. The van der Waals surface area contributed by atoms with Crippen LogP contribution in [0.2, 0.25) is 0 Å². The van der Waals surface area contributed by atoms with Gasteiger partial charge in [0.2, 0.25) is 0 Å². The minimum absolute atomic E-state index is 0.250. The van der Waals surface area contributed by atoms with E-state index in [1.807, 2.05) is 91.9 Å². The second-order valence-corrected chi connectivity index (χ2v) is 17.9. The van der Waals surface area contributed by atoms with Gasteiger partial charge in [0.1, 0.15) is 0 Å². The number of rotatable bonds is 13. The van der Waals surface area contributed by atoms with Gasteiger partial charge >= 0.3 is 5.97 Å². The minimum atomic E-state index is -3.54. The quantitative estimate of drug-likeness (QED) is 0.0884. The van der Waals surface area contributed by atoms with Gasteiger partial charge < -0.3 is 20.4 Å². The van der Waals surface area contributed by atoms with Crippen LogP contribution in [0.4, 0.5) is 0 Å². The molecular weight excluding hydrogens is 701 g/mol. The highest BCUT2D eigenvalue weighted by molar-refractivity contribution is 5.55. The molecule has 57 heavy (non-hydrogen) atoms. The minimum Gasteiger partial charge on any atom is -0.376 e. The van der Waals surface area contributed by atoms with Crippen molar-refractivity contribution in [2.75, 3.05) is 0 Å². The zero-order valence-corrected chi connectivity index (χ0v) is 35.1. The molecule has 0 fully saturated rings. The molecule has 0 amide bonds. The van der Waals surface area contributed by atoms with Crippen LogP contribution in [0.15, 0.2) is 158 Å². The lowest BCUT2D eigenvalue weighted by Crippen LogP contribution is -2.56. The van der Waals surface area contributed by atoms with Crippen LogP contribution in [-0.2, 0) is 27.3 Å². The maximum Gasteiger partial charge on any atom is 0.311 e. The van der Waals surface area contributed by atoms with E-state index in [1.165, 1.54) is 0 Å². The van der Waals surface area contributed by atoms with Crippen LogP contribution in [0, 0.1) is 0 Å². The molecule has 6 rings (SSSR count). The largest absolute Gasteiger partial charge is 0.376 e. The van der Waals surface area contributed by atoms with Gasteiger partial charge in [-0.15, -0.1) is 0 Å². The molecule has 0 aliphatic carbocycles. The summed E-state index contributed by atoms with van der Waals surface area (Å²) in [6.07, 6.45) is 0.279. The Hall–Kier alpha value is -4.84. The van der Waals surface area contributed by atoms with E-state index in [-0.39, 0.29) is 17.4 Å². The highest BCUT2D eigenvalue weighted by Gasteiger charge is 2.57. The highest BCUT2D eigenvalue weighted by Crippen LogP contribution is 2.53. The van der Waals surface area contributed by atoms with Crippen molar-refractivity contribution in [2.45, 2.75) is 108 Å². The van der Waals surface area contributed by atoms with Gasteiger partial charge in [-0.2, -0.15) is 0 Å². The molecule has 2 unspecified atom stereocenters. The predicted molar refractivity (Wildman–Crippen MR) is 233 cm³/mol. The molecule has 0 bridgehead atoms. The molecule has 4 nitrogen and oxygen atoms in total. The molecule has 0 saturated carbocycles. The first-order valence-corrected chi connectivity index (χ1v) is 20.2. The molecule has 4 heteroatoms. The monoisotopic (exact) mass is 760 g/mol. The van der Waals surface area contributed by atoms with E-state index in [1.54, 1.807) is 6.07 Å². The van der Waals surface area contributed by atoms with Gasteiger partial charge in [-0.25, -0.2) is 0 Å². The first kappa shape index (κ1) is 41.8. The van der Waals surface area contributed by atoms with Crippen LogP contribution in [0.1, 0.15) is 130 Å². The van der Waals surface area contributed by atoms with Gasteiger partial charge in [0.05, 0.1) is 0 Å². The van der Waals surface area contributed by atoms with E-state index in [0.717, 1.165) is 44.5 Å². The molecule has 0 spiro atoms. The zero-order valence-electron chi connectivity index (χ0n) is 35.1. The third kappa shape index (κ3) is 7.53. The van der Waals surface area contributed by atoms with Crippen molar-refractivity contribution in [3.05, 3.63) is 213 Å². The number of hydrogen-bond acceptors (Lipinski definition) is 4. The molecule has 6 aromatic rings. The molecule has 0 saturated heterocycles. The molecule has 0 aliphatic rings. The lowest BCUT2D eigenvalue weighted by molar-refractivity contribution is -0.402. The third-order valence-corrected chi connectivity index (χ3v) is 13.1. The van der Waals surface area contributed by atoms with E-state index < -0.39 is 33.7 Å². The van der Waals surface area contributed by atoms with Gasteiger partial charge in [-0.3, -0.25) is 0 Å². The van der Waals surface area contributed by atoms with Crippen LogP contribution in [0.25, 0.3) is 0 Å². The Labute approximate surface area is 340 Å². The van der Waals surface area contributed by atoms with Crippen LogP contribution in [0.3, 0.4) is 0 Å². The van der Waals surface area contributed by atoms with E-state index in [4.69, 9.17) is 0 Å². The van der Waals surface area contributed by atoms with Crippen molar-refractivity contribution in [2.24, 2.45) is 0 Å². The average molecular weight is 761 g/mol. The Morgan fingerprint density at radius 2 is 0.702 bits per heavy atom. The Morgan fingerprint density at radius 1 is 0.368 bits per heavy atom. The molecule has 4 N–H and O–H groups in total. The van der Waals surface area contributed by atoms with Gasteiger partial charge in [0, 0.05) is 27.6 Å². The van der Waals surface area contributed by atoms with Crippen molar-refractivity contribution in [3.8, 4) is 0 Å². The first-order chi connectivity index (χ1) is 26.8. The van der Waals surface area contributed by atoms with Gasteiger partial charge in [0.15, 0.2) is 5.60 Å². The van der Waals surface area contributed by atoms with Crippen molar-refractivity contribution in [3.63, 3.8) is 0 Å². The van der Waals surface area contributed by atoms with Crippen LogP contribution in [-0.4, -0.2) is 26.4 Å². The van der Waals surface area contributed by atoms with E-state index in [2.05, 4.69) is 122 Å². The summed E-state index contributed by atoms with van der Waals surface area (Å²) < 4.78 is 0. The molecule has 0 aromatic heterocycles. The summed E-state index contributed by atoms with van der Waals surface area (Å²) in [4.78, 5) is 0. The third-order valence-electron chi connectivity index (χ3n) is 13.1. The van der Waals surface area contributed by atoms with Crippen molar-refractivity contribution in [1.29, 1.82) is 0 Å². The molecule has 0 heterocycles. The molecule has 6 aromatic carbocycles. The van der Waals surface area contributed by atoms with E-state index in [0.29, 0.717) is 5.56 Å². The number of aliphatic hydroxyl groups is 4. The summed E-state index contributed by atoms with van der Waals surface area (Å²) in [6.45, 7) is 19.2. The fourth-order valence-corrected chi connectivity index (χ4v) is 8.98. The maximum absolute atomic E-state index is 13.5. The Morgan fingerprint density at radius 3 is 1.07 bits per heavy atom. The fourth-order valence-electron chi connectivity index (χ4n) is 8.98. The summed E-state index contributed by atoms with van der Waals surface area (Å²) in [5.74, 6) is -4.51. The standard InChI is InChI=1S/C53H60O4/c1-10-44(43-33-31-41(48(2,3)37-23-15-11-16-24-37)35-46(43)50(6,7)39-27-19-13-20-28-39)52(54,53(55,56)57)45-34-32-42(49(4,5)38-25-17-12-18-26-38)36-47(45)51(8,9)40-29-21-14-22-30-40/h11-36,44,54-57H,10H2,1-9H3. The fraction of sp³-hybridized carbons (Fsp3) is 0.321. The molecule has 296 valence electrons. The maximum atomic E-state index is 13.5. The number of hydrogen-bond donors (Lipinski definition) is 4. The lowest BCUT2D eigenvalue weighted by atomic mass is 9.63. The van der Waals surface area contributed by atoms with Crippen LogP contribution >= 0.6 is 0 Å². The van der Waals surface area contributed by atoms with Crippen molar-refractivity contribution >= 4 is 0 Å². The second kappa shape index (κ2) is 15.5. The smallest absolute Gasteiger partial charge is 0.311 e. The topological polar surface area (TPSA) is 80.9 Å². The van der Waals surface area contributed by atoms with Gasteiger partial charge in [-0.1, -0.05) is 220 Å². The lowest BCUT2D eigenvalue weighted by Gasteiger charge is -2.46. The second-order valence-electron chi connectivity index (χ2n) is 17.9. The van der Waals surface area contributed by atoms with Crippen molar-refractivity contribution in [1.82, 2.24) is 0 Å². The average Bonchev–Trinajstić information content (AvgIpc) is 3.21. The Kier molecular flexibility index (Phi) is 11.4. The SMILES string of the molecule is CCC(c1ccc(C(C)(C)c2ccccc2)cc1C(C)(C)c1ccccc1)C(O)(c1ccc(C(C)(C)c2ccccc2)cc1C(C)(C)c1ccccc1)C(O)(O)O. The summed E-state index contributed by atoms with van der Waals surface area (Å²) >= 11 is 0. The summed E-state index contributed by atoms with van der Waals surface area (Å²) in [6, 6.07) is 53.2. The molecule has 0 aliphatic heterocycles. The highest BCUT2D eigenvalue weighted by atomic mass is 16.7. The van der Waals surface area contributed by atoms with Gasteiger partial charge in [0.25, 0.3) is 0 Å². The van der Waals surface area contributed by atoms with E-state index in [9.17, 15) is 20.4 Å². The Bertz CT molecular complexity index is 2270. The van der Waals surface area contributed by atoms with Crippen LogP contribution in [0.5, 0.6) is 0 Å². The molecule has 0 radical (unpaired) electrons. The molecular formula is C53H60O4. The summed E-state index contributed by atoms with van der Waals surface area (Å²) in [5.41, 5.74) is 4.26. The van der Waals surface area contributed by atoms with Crippen LogP contribution < -0.4 is 0 Å². The first-order valence-electron chi connectivity index (χ1n) is 20.2. The zero-order chi connectivity index (χ0) is 41.4. The Balaban J connectivity index is 1.65. The van der Waals surface area contributed by atoms with Gasteiger partial charge in [-0.05, 0) is 62.1 Å². The number of benzene rings is 6. The van der Waals surface area contributed by atoms with E-state index >= 15 is 0 Å². The molecule has 2 atom stereocenters. The normalized spacial score (nSPS) is 14.5. The summed E-state index contributed by atoms with van der Waals surface area (Å²) in [7, 11) is 0. The van der Waals surface area contributed by atoms with Crippen molar-refractivity contribution < 1.29 is 20.4 Å².